The second kappa shape index (κ2) is 9.28. The SMILES string of the molecule is Cc1c(C)c2c(c(C)c1O)CCC(C(=O)NC(N)=NC(=O)C1(C)CCc3c(C)c(O)c(C)c(C)c3O1)O2. The lowest BCUT2D eigenvalue weighted by Gasteiger charge is -2.35. The van der Waals surface area contributed by atoms with E-state index in [1.807, 2.05) is 27.7 Å². The molecule has 5 N–H and O–H groups in total. The molecule has 0 bridgehead atoms. The Bertz CT molecular complexity index is 1360. The Morgan fingerprint density at radius 2 is 1.43 bits per heavy atom. The fourth-order valence-electron chi connectivity index (χ4n) is 5.15. The highest BCUT2D eigenvalue weighted by Gasteiger charge is 2.41. The molecule has 0 saturated heterocycles. The van der Waals surface area contributed by atoms with Crippen molar-refractivity contribution in [3.8, 4) is 23.0 Å². The van der Waals surface area contributed by atoms with Crippen LogP contribution in [0.2, 0.25) is 0 Å². The van der Waals surface area contributed by atoms with Crippen LogP contribution in [0.4, 0.5) is 0 Å². The highest BCUT2D eigenvalue weighted by atomic mass is 16.5. The summed E-state index contributed by atoms with van der Waals surface area (Å²) in [5.74, 6) is 0.227. The molecule has 2 aliphatic rings. The van der Waals surface area contributed by atoms with Gasteiger partial charge in [0.1, 0.15) is 23.0 Å². The maximum absolute atomic E-state index is 13.1. The van der Waals surface area contributed by atoms with Crippen molar-refractivity contribution in [3.05, 3.63) is 44.5 Å². The van der Waals surface area contributed by atoms with E-state index in [4.69, 9.17) is 15.2 Å². The summed E-state index contributed by atoms with van der Waals surface area (Å²) in [5, 5.41) is 23.2. The number of nitrogens with zero attached hydrogens (tertiary/aromatic N) is 1. The average Bonchev–Trinajstić information content (AvgIpc) is 2.87. The number of hydrogen-bond acceptors (Lipinski definition) is 6. The van der Waals surface area contributed by atoms with Gasteiger partial charge in [0, 0.05) is 17.5 Å². The second-order valence-corrected chi connectivity index (χ2v) is 10.3. The van der Waals surface area contributed by atoms with E-state index < -0.39 is 23.5 Å². The van der Waals surface area contributed by atoms with Gasteiger partial charge in [-0.2, -0.15) is 4.99 Å². The van der Waals surface area contributed by atoms with E-state index in [9.17, 15) is 19.8 Å². The van der Waals surface area contributed by atoms with E-state index in [0.29, 0.717) is 48.3 Å². The first-order valence-corrected chi connectivity index (χ1v) is 12.4. The summed E-state index contributed by atoms with van der Waals surface area (Å²) in [4.78, 5) is 30.0. The third-order valence-electron chi connectivity index (χ3n) is 7.99. The van der Waals surface area contributed by atoms with Crippen molar-refractivity contribution in [1.82, 2.24) is 5.32 Å². The Kier molecular flexibility index (Phi) is 6.60. The van der Waals surface area contributed by atoms with E-state index >= 15 is 0 Å². The van der Waals surface area contributed by atoms with Crippen LogP contribution in [0.1, 0.15) is 64.3 Å². The summed E-state index contributed by atoms with van der Waals surface area (Å²) >= 11 is 0. The predicted molar refractivity (Wildman–Crippen MR) is 139 cm³/mol. The van der Waals surface area contributed by atoms with Gasteiger partial charge in [0.25, 0.3) is 11.8 Å². The number of phenolic OH excluding ortho intramolecular Hbond substituents is 2. The lowest BCUT2D eigenvalue weighted by Crippen LogP contribution is -2.49. The quantitative estimate of drug-likeness (QED) is 0.359. The minimum atomic E-state index is -1.27. The zero-order chi connectivity index (χ0) is 27.4. The van der Waals surface area contributed by atoms with Crippen LogP contribution < -0.4 is 20.5 Å². The molecule has 0 radical (unpaired) electrons. The second-order valence-electron chi connectivity index (χ2n) is 10.3. The smallest absolute Gasteiger partial charge is 0.292 e. The van der Waals surface area contributed by atoms with Crippen LogP contribution in [0.25, 0.3) is 0 Å². The molecular formula is C28H35N3O6. The van der Waals surface area contributed by atoms with Crippen molar-refractivity contribution in [1.29, 1.82) is 0 Å². The number of fused-ring (bicyclic) bond motifs is 2. The van der Waals surface area contributed by atoms with Crippen LogP contribution in [0.15, 0.2) is 4.99 Å². The minimum absolute atomic E-state index is 0.240. The lowest BCUT2D eigenvalue weighted by atomic mass is 9.87. The van der Waals surface area contributed by atoms with Gasteiger partial charge < -0.3 is 25.4 Å². The van der Waals surface area contributed by atoms with Gasteiger partial charge in [-0.1, -0.05) is 0 Å². The normalized spacial score (nSPS) is 20.8. The van der Waals surface area contributed by atoms with Crippen LogP contribution in [0, 0.1) is 41.5 Å². The largest absolute Gasteiger partial charge is 0.507 e. The van der Waals surface area contributed by atoms with Crippen molar-refractivity contribution in [2.24, 2.45) is 10.7 Å². The fraction of sp³-hybridized carbons (Fsp3) is 0.464. The molecular weight excluding hydrogens is 474 g/mol. The molecule has 0 fully saturated rings. The number of ether oxygens (including phenoxy) is 2. The van der Waals surface area contributed by atoms with Crippen LogP contribution >= 0.6 is 0 Å². The molecule has 2 unspecified atom stereocenters. The van der Waals surface area contributed by atoms with Gasteiger partial charge in [0.15, 0.2) is 11.7 Å². The van der Waals surface area contributed by atoms with Gasteiger partial charge in [-0.05, 0) is 101 Å². The molecule has 2 aliphatic heterocycles. The first-order valence-electron chi connectivity index (χ1n) is 12.4. The minimum Gasteiger partial charge on any atom is -0.507 e. The number of carbonyl (C=O) groups is 2. The molecule has 198 valence electrons. The zero-order valence-electron chi connectivity index (χ0n) is 22.5. The summed E-state index contributed by atoms with van der Waals surface area (Å²) in [7, 11) is 0. The number of phenols is 2. The Balaban J connectivity index is 1.49. The lowest BCUT2D eigenvalue weighted by molar-refractivity contribution is -0.133. The first-order chi connectivity index (χ1) is 17.3. The van der Waals surface area contributed by atoms with Gasteiger partial charge in [-0.3, -0.25) is 14.9 Å². The van der Waals surface area contributed by atoms with E-state index in [-0.39, 0.29) is 17.5 Å². The molecule has 37 heavy (non-hydrogen) atoms. The van der Waals surface area contributed by atoms with E-state index in [1.165, 1.54) is 0 Å². The molecule has 9 heteroatoms. The van der Waals surface area contributed by atoms with Gasteiger partial charge in [0.2, 0.25) is 5.96 Å². The highest BCUT2D eigenvalue weighted by Crippen LogP contribution is 2.44. The molecule has 2 heterocycles. The fourth-order valence-corrected chi connectivity index (χ4v) is 5.15. The summed E-state index contributed by atoms with van der Waals surface area (Å²) in [6.07, 6.45) is 1.02. The van der Waals surface area contributed by atoms with Gasteiger partial charge in [-0.15, -0.1) is 0 Å². The number of nitrogens with one attached hydrogen (secondary N) is 1. The number of amides is 2. The van der Waals surface area contributed by atoms with Crippen molar-refractivity contribution >= 4 is 17.8 Å². The topological polar surface area (TPSA) is 143 Å². The molecule has 9 nitrogen and oxygen atoms in total. The first kappa shape index (κ1) is 26.3. The highest BCUT2D eigenvalue weighted by molar-refractivity contribution is 6.04. The number of benzene rings is 2. The summed E-state index contributed by atoms with van der Waals surface area (Å²) in [6.45, 7) is 12.6. The molecule has 4 rings (SSSR count). The molecule has 0 saturated carbocycles. The van der Waals surface area contributed by atoms with Crippen molar-refractivity contribution < 1.29 is 29.3 Å². The van der Waals surface area contributed by atoms with Crippen LogP contribution in [-0.2, 0) is 22.4 Å². The van der Waals surface area contributed by atoms with Gasteiger partial charge >= 0.3 is 0 Å². The molecule has 0 spiro atoms. The van der Waals surface area contributed by atoms with E-state index in [0.717, 1.165) is 33.4 Å². The molecule has 2 aromatic rings. The number of carbonyl (C=O) groups excluding carboxylic acids is 2. The Morgan fingerprint density at radius 1 is 0.892 bits per heavy atom. The summed E-state index contributed by atoms with van der Waals surface area (Å²) in [5.41, 5.74) is 10.9. The van der Waals surface area contributed by atoms with Crippen molar-refractivity contribution in [2.75, 3.05) is 0 Å². The maximum atomic E-state index is 13.1. The summed E-state index contributed by atoms with van der Waals surface area (Å²) in [6, 6.07) is 0. The maximum Gasteiger partial charge on any atom is 0.292 e. The number of hydrogen-bond donors (Lipinski definition) is 4. The third kappa shape index (κ3) is 4.36. The Labute approximate surface area is 216 Å². The molecule has 0 aromatic heterocycles. The third-order valence-corrected chi connectivity index (χ3v) is 7.99. The van der Waals surface area contributed by atoms with E-state index in [2.05, 4.69) is 10.3 Å². The van der Waals surface area contributed by atoms with Crippen LogP contribution in [-0.4, -0.2) is 39.7 Å². The molecule has 0 aliphatic carbocycles. The average molecular weight is 510 g/mol. The standard InChI is InChI=1S/C28H35N3O6/c1-12-14(3)23-18(16(5)21(12)32)8-9-20(36-23)25(34)30-27(29)31-26(35)28(7)11-10-19-17(6)22(33)13(2)15(4)24(19)37-28/h20,32-33H,8-11H2,1-7H3,(H3,29,30,31,34,35). The Morgan fingerprint density at radius 3 is 2.03 bits per heavy atom. The molecule has 2 aromatic carbocycles. The number of nitrogens with two attached hydrogens (primary N) is 1. The van der Waals surface area contributed by atoms with Gasteiger partial charge in [-0.25, -0.2) is 0 Å². The van der Waals surface area contributed by atoms with Crippen molar-refractivity contribution in [2.45, 2.75) is 85.9 Å². The monoisotopic (exact) mass is 509 g/mol. The number of aliphatic imine (C=N–C) groups is 1. The van der Waals surface area contributed by atoms with Crippen molar-refractivity contribution in [3.63, 3.8) is 0 Å². The molecule has 2 atom stereocenters. The summed E-state index contributed by atoms with van der Waals surface area (Å²) < 4.78 is 12.2. The Hall–Kier alpha value is -3.75. The zero-order valence-corrected chi connectivity index (χ0v) is 22.5. The molecule has 2 amide bonds. The number of guanidine groups is 1. The van der Waals surface area contributed by atoms with Crippen LogP contribution in [0.3, 0.4) is 0 Å². The van der Waals surface area contributed by atoms with Gasteiger partial charge in [0.05, 0.1) is 0 Å². The van der Waals surface area contributed by atoms with E-state index in [1.54, 1.807) is 20.8 Å². The number of aromatic hydroxyl groups is 2. The number of rotatable bonds is 2. The predicted octanol–water partition coefficient (Wildman–Crippen LogP) is 3.38. The van der Waals surface area contributed by atoms with Crippen LogP contribution in [0.5, 0.6) is 23.0 Å².